The number of aliphatic carboxylic acids is 1. The van der Waals surface area contributed by atoms with Crippen molar-refractivity contribution in [2.75, 3.05) is 13.1 Å². The Balaban J connectivity index is 2.77. The molecule has 0 aromatic heterocycles. The molecule has 0 spiro atoms. The van der Waals surface area contributed by atoms with Gasteiger partial charge in [0.05, 0.1) is 0 Å². The Morgan fingerprint density at radius 1 is 1.50 bits per heavy atom. The highest BCUT2D eigenvalue weighted by Gasteiger charge is 2.48. The zero-order valence-corrected chi connectivity index (χ0v) is 9.74. The maximum absolute atomic E-state index is 11.9. The fourth-order valence-corrected chi connectivity index (χ4v) is 2.37. The second-order valence-electron chi connectivity index (χ2n) is 4.23. The fraction of sp³-hybridized carbons (Fsp3) is 0.818. The molecule has 1 saturated heterocycles. The first-order valence-corrected chi connectivity index (χ1v) is 5.82. The first kappa shape index (κ1) is 13.0. The molecule has 0 radical (unpaired) electrons. The number of amides is 1. The van der Waals surface area contributed by atoms with Gasteiger partial charge in [0.25, 0.3) is 0 Å². The summed E-state index contributed by atoms with van der Waals surface area (Å²) in [6, 6.07) is 0. The summed E-state index contributed by atoms with van der Waals surface area (Å²) in [4.78, 5) is 24.7. The van der Waals surface area contributed by atoms with Crippen molar-refractivity contribution in [1.82, 2.24) is 4.90 Å². The molecule has 0 aromatic rings. The lowest BCUT2D eigenvalue weighted by Crippen LogP contribution is -2.52. The molecule has 1 unspecified atom stereocenters. The van der Waals surface area contributed by atoms with E-state index in [1.807, 2.05) is 6.92 Å². The van der Waals surface area contributed by atoms with Gasteiger partial charge in [-0.05, 0) is 32.2 Å². The van der Waals surface area contributed by atoms with Crippen molar-refractivity contribution < 1.29 is 14.7 Å². The first-order valence-electron chi connectivity index (χ1n) is 5.82. The molecular formula is C11H20N2O3. The Morgan fingerprint density at radius 2 is 2.19 bits per heavy atom. The van der Waals surface area contributed by atoms with E-state index in [0.717, 1.165) is 6.42 Å². The number of likely N-dealkylation sites (tertiary alicyclic amines) is 1. The van der Waals surface area contributed by atoms with E-state index >= 15 is 0 Å². The van der Waals surface area contributed by atoms with Gasteiger partial charge in [0.1, 0.15) is 5.54 Å². The van der Waals surface area contributed by atoms with E-state index in [4.69, 9.17) is 5.73 Å². The highest BCUT2D eigenvalue weighted by molar-refractivity contribution is 5.87. The predicted molar refractivity (Wildman–Crippen MR) is 59.9 cm³/mol. The summed E-state index contributed by atoms with van der Waals surface area (Å²) in [5, 5.41) is 9.29. The number of nitrogens with two attached hydrogens (primary N) is 1. The fourth-order valence-electron chi connectivity index (χ4n) is 2.37. The molecule has 1 fully saturated rings. The molecule has 1 atom stereocenters. The van der Waals surface area contributed by atoms with E-state index in [2.05, 4.69) is 0 Å². The van der Waals surface area contributed by atoms with Gasteiger partial charge in [0, 0.05) is 13.0 Å². The van der Waals surface area contributed by atoms with E-state index in [9.17, 15) is 14.7 Å². The van der Waals surface area contributed by atoms with Crippen molar-refractivity contribution in [3.05, 3.63) is 0 Å². The van der Waals surface area contributed by atoms with Gasteiger partial charge in [0.2, 0.25) is 5.91 Å². The van der Waals surface area contributed by atoms with Crippen molar-refractivity contribution in [3.8, 4) is 0 Å². The van der Waals surface area contributed by atoms with E-state index < -0.39 is 11.5 Å². The highest BCUT2D eigenvalue weighted by Crippen LogP contribution is 2.33. The van der Waals surface area contributed by atoms with Gasteiger partial charge in [-0.2, -0.15) is 0 Å². The summed E-state index contributed by atoms with van der Waals surface area (Å²) < 4.78 is 0. The predicted octanol–water partition coefficient (Wildman–Crippen LogP) is 0.581. The van der Waals surface area contributed by atoms with E-state index in [-0.39, 0.29) is 5.91 Å². The van der Waals surface area contributed by atoms with Crippen LogP contribution >= 0.6 is 0 Å². The lowest BCUT2D eigenvalue weighted by atomic mass is 9.92. The van der Waals surface area contributed by atoms with Crippen LogP contribution in [-0.4, -0.2) is 40.5 Å². The third kappa shape index (κ3) is 2.19. The number of carbonyl (C=O) groups excluding carboxylic acids is 1. The minimum absolute atomic E-state index is 0.0767. The molecule has 3 N–H and O–H groups in total. The monoisotopic (exact) mass is 228 g/mol. The van der Waals surface area contributed by atoms with Gasteiger partial charge in [-0.1, -0.05) is 6.92 Å². The summed E-state index contributed by atoms with van der Waals surface area (Å²) >= 11 is 0. The van der Waals surface area contributed by atoms with Crippen molar-refractivity contribution in [2.45, 2.75) is 44.6 Å². The van der Waals surface area contributed by atoms with E-state index in [1.54, 1.807) is 0 Å². The SMILES string of the molecule is CCC1(C(=O)O)CCCN1C(=O)CCCN. The Morgan fingerprint density at radius 3 is 2.69 bits per heavy atom. The van der Waals surface area contributed by atoms with Gasteiger partial charge >= 0.3 is 5.97 Å². The number of carboxylic acid groups (broad SMARTS) is 1. The average molecular weight is 228 g/mol. The highest BCUT2D eigenvalue weighted by atomic mass is 16.4. The van der Waals surface area contributed by atoms with E-state index in [1.165, 1.54) is 4.90 Å². The number of carbonyl (C=O) groups is 2. The minimum Gasteiger partial charge on any atom is -0.479 e. The molecular weight excluding hydrogens is 208 g/mol. The van der Waals surface area contributed by atoms with Crippen LogP contribution in [0.5, 0.6) is 0 Å². The largest absolute Gasteiger partial charge is 0.479 e. The molecule has 0 saturated carbocycles. The normalized spacial score (nSPS) is 24.8. The molecule has 1 amide bonds. The van der Waals surface area contributed by atoms with Crippen molar-refractivity contribution in [1.29, 1.82) is 0 Å². The van der Waals surface area contributed by atoms with Crippen molar-refractivity contribution >= 4 is 11.9 Å². The maximum atomic E-state index is 11.9. The molecule has 5 nitrogen and oxygen atoms in total. The number of hydrogen-bond donors (Lipinski definition) is 2. The van der Waals surface area contributed by atoms with Crippen molar-refractivity contribution in [3.63, 3.8) is 0 Å². The van der Waals surface area contributed by atoms with Crippen LogP contribution in [0.15, 0.2) is 0 Å². The topological polar surface area (TPSA) is 83.6 Å². The van der Waals surface area contributed by atoms with Crippen LogP contribution in [0.1, 0.15) is 39.0 Å². The number of rotatable bonds is 5. The third-order valence-electron chi connectivity index (χ3n) is 3.37. The van der Waals surface area contributed by atoms with Crippen LogP contribution < -0.4 is 5.73 Å². The molecule has 1 heterocycles. The quantitative estimate of drug-likeness (QED) is 0.721. The van der Waals surface area contributed by atoms with Crippen molar-refractivity contribution in [2.24, 2.45) is 5.73 Å². The lowest BCUT2D eigenvalue weighted by Gasteiger charge is -2.34. The summed E-state index contributed by atoms with van der Waals surface area (Å²) in [5.74, 6) is -0.958. The van der Waals surface area contributed by atoms with Crippen LogP contribution in [0.3, 0.4) is 0 Å². The van der Waals surface area contributed by atoms with Crippen LogP contribution in [0, 0.1) is 0 Å². The summed E-state index contributed by atoms with van der Waals surface area (Å²) in [6.07, 6.45) is 2.78. The third-order valence-corrected chi connectivity index (χ3v) is 3.37. The summed E-state index contributed by atoms with van der Waals surface area (Å²) in [7, 11) is 0. The smallest absolute Gasteiger partial charge is 0.329 e. The second-order valence-corrected chi connectivity index (χ2v) is 4.23. The maximum Gasteiger partial charge on any atom is 0.329 e. The van der Waals surface area contributed by atoms with Gasteiger partial charge in [0.15, 0.2) is 0 Å². The molecule has 0 aliphatic carbocycles. The van der Waals surface area contributed by atoms with Gasteiger partial charge in [-0.25, -0.2) is 4.79 Å². The van der Waals surface area contributed by atoms with Crippen LogP contribution in [0.25, 0.3) is 0 Å². The molecule has 92 valence electrons. The number of hydrogen-bond acceptors (Lipinski definition) is 3. The standard InChI is InChI=1S/C11H20N2O3/c1-2-11(10(15)16)6-4-8-13(11)9(14)5-3-7-12/h2-8,12H2,1H3,(H,15,16). The minimum atomic E-state index is -0.967. The molecule has 0 aromatic carbocycles. The molecule has 5 heteroatoms. The molecule has 1 aliphatic rings. The Labute approximate surface area is 95.6 Å². The molecule has 1 rings (SSSR count). The van der Waals surface area contributed by atoms with Gasteiger partial charge in [-0.3, -0.25) is 4.79 Å². The molecule has 16 heavy (non-hydrogen) atoms. The first-order chi connectivity index (χ1) is 7.58. The zero-order valence-electron chi connectivity index (χ0n) is 9.74. The molecule has 1 aliphatic heterocycles. The average Bonchev–Trinajstić information content (AvgIpc) is 2.70. The number of carboxylic acids is 1. The van der Waals surface area contributed by atoms with Gasteiger partial charge < -0.3 is 15.7 Å². The van der Waals surface area contributed by atoms with Gasteiger partial charge in [-0.15, -0.1) is 0 Å². The zero-order chi connectivity index (χ0) is 12.2. The van der Waals surface area contributed by atoms with Crippen LogP contribution in [0.2, 0.25) is 0 Å². The second kappa shape index (κ2) is 5.30. The lowest BCUT2D eigenvalue weighted by molar-refractivity contribution is -0.156. The Kier molecular flexibility index (Phi) is 4.29. The van der Waals surface area contributed by atoms with Crippen LogP contribution in [-0.2, 0) is 9.59 Å². The molecule has 0 bridgehead atoms. The number of nitrogens with zero attached hydrogens (tertiary/aromatic N) is 1. The summed E-state index contributed by atoms with van der Waals surface area (Å²) in [5.41, 5.74) is 4.38. The van der Waals surface area contributed by atoms with E-state index in [0.29, 0.717) is 38.8 Å². The van der Waals surface area contributed by atoms with Crippen LogP contribution in [0.4, 0.5) is 0 Å². The Hall–Kier alpha value is -1.10. The Bertz CT molecular complexity index is 280. The summed E-state index contributed by atoms with van der Waals surface area (Å²) in [6.45, 7) is 2.85.